The summed E-state index contributed by atoms with van der Waals surface area (Å²) in [6.45, 7) is 9.52. The van der Waals surface area contributed by atoms with E-state index in [1.807, 2.05) is 20.8 Å². The van der Waals surface area contributed by atoms with Crippen LogP contribution in [0.15, 0.2) is 12.7 Å². The zero-order chi connectivity index (χ0) is 8.20. The average molecular weight is 140 g/mol. The minimum Gasteiger partial charge on any atom is -0.294 e. The van der Waals surface area contributed by atoms with Crippen molar-refractivity contribution >= 4 is 5.78 Å². The van der Waals surface area contributed by atoms with E-state index < -0.39 is 0 Å². The van der Waals surface area contributed by atoms with Gasteiger partial charge in [-0.3, -0.25) is 4.79 Å². The van der Waals surface area contributed by atoms with Crippen molar-refractivity contribution in [2.24, 2.45) is 5.41 Å². The predicted molar refractivity (Wildman–Crippen MR) is 43.9 cm³/mol. The van der Waals surface area contributed by atoms with E-state index in [4.69, 9.17) is 0 Å². The summed E-state index contributed by atoms with van der Waals surface area (Å²) >= 11 is 0. The Labute approximate surface area is 63.1 Å². The van der Waals surface area contributed by atoms with Crippen molar-refractivity contribution in [3.05, 3.63) is 12.7 Å². The molecule has 0 aliphatic rings. The molecule has 0 fully saturated rings. The second-order valence-electron chi connectivity index (χ2n) is 2.84. The van der Waals surface area contributed by atoms with Crippen molar-refractivity contribution in [1.29, 1.82) is 0 Å². The molecule has 1 nitrogen and oxygen atoms in total. The molecule has 0 aromatic heterocycles. The number of carbonyl (C=O) groups excluding carboxylic acids is 1. The highest BCUT2D eigenvalue weighted by molar-refractivity contribution is 5.93. The highest BCUT2D eigenvalue weighted by atomic mass is 16.1. The van der Waals surface area contributed by atoms with Crippen LogP contribution in [0.5, 0.6) is 0 Å². The number of hydrogen-bond donors (Lipinski definition) is 0. The van der Waals surface area contributed by atoms with E-state index in [0.717, 1.165) is 12.8 Å². The van der Waals surface area contributed by atoms with Gasteiger partial charge >= 0.3 is 0 Å². The van der Waals surface area contributed by atoms with Crippen LogP contribution in [0.3, 0.4) is 0 Å². The number of carbonyl (C=O) groups is 1. The van der Waals surface area contributed by atoms with E-state index in [2.05, 4.69) is 6.58 Å². The lowest BCUT2D eigenvalue weighted by atomic mass is 9.80. The maximum Gasteiger partial charge on any atom is 0.160 e. The molecule has 0 saturated heterocycles. The van der Waals surface area contributed by atoms with Crippen molar-refractivity contribution in [2.75, 3.05) is 0 Å². The fourth-order valence-electron chi connectivity index (χ4n) is 0.845. The number of ketones is 1. The average Bonchev–Trinajstić information content (AvgIpc) is 2.01. The van der Waals surface area contributed by atoms with Gasteiger partial charge in [0.05, 0.1) is 0 Å². The molecule has 0 aromatic carbocycles. The van der Waals surface area contributed by atoms with E-state index in [1.54, 1.807) is 0 Å². The van der Waals surface area contributed by atoms with Gasteiger partial charge < -0.3 is 0 Å². The SMILES string of the molecule is C=CC(=O)C(C)(CC)CC. The van der Waals surface area contributed by atoms with Gasteiger partial charge in [0.15, 0.2) is 5.78 Å². The van der Waals surface area contributed by atoms with E-state index in [0.29, 0.717) is 0 Å². The molecular weight excluding hydrogens is 124 g/mol. The van der Waals surface area contributed by atoms with Crippen molar-refractivity contribution in [2.45, 2.75) is 33.6 Å². The van der Waals surface area contributed by atoms with Crippen molar-refractivity contribution in [3.8, 4) is 0 Å². The maximum atomic E-state index is 11.2. The molecule has 1 heteroatoms. The van der Waals surface area contributed by atoms with Gasteiger partial charge in [-0.1, -0.05) is 27.4 Å². The van der Waals surface area contributed by atoms with Gasteiger partial charge in [0, 0.05) is 5.41 Å². The molecule has 0 radical (unpaired) electrons. The molecule has 0 bridgehead atoms. The van der Waals surface area contributed by atoms with Crippen molar-refractivity contribution in [1.82, 2.24) is 0 Å². The Balaban J connectivity index is 4.31. The van der Waals surface area contributed by atoms with Crippen molar-refractivity contribution in [3.63, 3.8) is 0 Å². The molecule has 0 N–H and O–H groups in total. The lowest BCUT2D eigenvalue weighted by molar-refractivity contribution is -0.123. The van der Waals surface area contributed by atoms with Crippen LogP contribution in [0.2, 0.25) is 0 Å². The molecule has 0 aliphatic heterocycles. The van der Waals surface area contributed by atoms with E-state index in [1.165, 1.54) is 6.08 Å². The summed E-state index contributed by atoms with van der Waals surface area (Å²) in [7, 11) is 0. The third kappa shape index (κ3) is 1.69. The second kappa shape index (κ2) is 3.55. The summed E-state index contributed by atoms with van der Waals surface area (Å²) in [6, 6.07) is 0. The molecule has 58 valence electrons. The number of allylic oxidation sites excluding steroid dienone is 1. The smallest absolute Gasteiger partial charge is 0.160 e. The van der Waals surface area contributed by atoms with Crippen LogP contribution < -0.4 is 0 Å². The van der Waals surface area contributed by atoms with E-state index in [-0.39, 0.29) is 11.2 Å². The first-order chi connectivity index (χ1) is 4.60. The molecule has 0 unspecified atom stereocenters. The Kier molecular flexibility index (Phi) is 3.34. The normalized spacial score (nSPS) is 11.1. The minimum absolute atomic E-state index is 0.164. The van der Waals surface area contributed by atoms with Crippen LogP contribution in [0.25, 0.3) is 0 Å². The molecule has 0 rings (SSSR count). The standard InChI is InChI=1S/C9H16O/c1-5-8(10)9(4,6-2)7-3/h5H,1,6-7H2,2-4H3. The van der Waals surface area contributed by atoms with Crippen LogP contribution in [0.1, 0.15) is 33.6 Å². The Hall–Kier alpha value is -0.590. The predicted octanol–water partition coefficient (Wildman–Crippen LogP) is 2.57. The molecule has 0 aliphatic carbocycles. The fourth-order valence-corrected chi connectivity index (χ4v) is 0.845. The Morgan fingerprint density at radius 1 is 1.50 bits per heavy atom. The van der Waals surface area contributed by atoms with Gasteiger partial charge in [-0.05, 0) is 18.9 Å². The first-order valence-electron chi connectivity index (χ1n) is 3.77. The van der Waals surface area contributed by atoms with Crippen LogP contribution in [0, 0.1) is 5.41 Å². The van der Waals surface area contributed by atoms with Crippen molar-refractivity contribution < 1.29 is 4.79 Å². The third-order valence-corrected chi connectivity index (χ3v) is 2.34. The first kappa shape index (κ1) is 9.41. The fraction of sp³-hybridized carbons (Fsp3) is 0.667. The molecular formula is C9H16O. The Bertz CT molecular complexity index is 132. The van der Waals surface area contributed by atoms with E-state index in [9.17, 15) is 4.79 Å². The van der Waals surface area contributed by atoms with Crippen LogP contribution in [-0.4, -0.2) is 5.78 Å². The van der Waals surface area contributed by atoms with Crippen LogP contribution in [0.4, 0.5) is 0 Å². The first-order valence-corrected chi connectivity index (χ1v) is 3.77. The number of rotatable bonds is 4. The highest BCUT2D eigenvalue weighted by Gasteiger charge is 2.25. The van der Waals surface area contributed by atoms with E-state index >= 15 is 0 Å². The zero-order valence-corrected chi connectivity index (χ0v) is 7.11. The molecule has 0 heterocycles. The Morgan fingerprint density at radius 3 is 2.00 bits per heavy atom. The zero-order valence-electron chi connectivity index (χ0n) is 7.11. The van der Waals surface area contributed by atoms with Crippen LogP contribution in [-0.2, 0) is 4.79 Å². The summed E-state index contributed by atoms with van der Waals surface area (Å²) in [5.41, 5.74) is -0.165. The lowest BCUT2D eigenvalue weighted by Crippen LogP contribution is -2.23. The van der Waals surface area contributed by atoms with Gasteiger partial charge in [-0.15, -0.1) is 0 Å². The topological polar surface area (TPSA) is 17.1 Å². The van der Waals surface area contributed by atoms with Crippen LogP contribution >= 0.6 is 0 Å². The summed E-state index contributed by atoms with van der Waals surface area (Å²) < 4.78 is 0. The second-order valence-corrected chi connectivity index (χ2v) is 2.84. The van der Waals surface area contributed by atoms with Gasteiger partial charge in [-0.2, -0.15) is 0 Å². The molecule has 0 aromatic rings. The molecule has 0 amide bonds. The molecule has 0 atom stereocenters. The number of hydrogen-bond acceptors (Lipinski definition) is 1. The Morgan fingerprint density at radius 2 is 1.90 bits per heavy atom. The minimum atomic E-state index is -0.165. The largest absolute Gasteiger partial charge is 0.294 e. The molecule has 10 heavy (non-hydrogen) atoms. The summed E-state index contributed by atoms with van der Waals surface area (Å²) in [5.74, 6) is 0.164. The third-order valence-electron chi connectivity index (χ3n) is 2.34. The summed E-state index contributed by atoms with van der Waals surface area (Å²) in [5, 5.41) is 0. The summed E-state index contributed by atoms with van der Waals surface area (Å²) in [4.78, 5) is 11.2. The van der Waals surface area contributed by atoms with Gasteiger partial charge in [0.2, 0.25) is 0 Å². The quantitative estimate of drug-likeness (QED) is 0.548. The highest BCUT2D eigenvalue weighted by Crippen LogP contribution is 2.26. The maximum absolute atomic E-state index is 11.2. The molecule has 0 spiro atoms. The van der Waals surface area contributed by atoms with Gasteiger partial charge in [-0.25, -0.2) is 0 Å². The van der Waals surface area contributed by atoms with Gasteiger partial charge in [0.1, 0.15) is 0 Å². The molecule has 0 saturated carbocycles. The monoisotopic (exact) mass is 140 g/mol. The summed E-state index contributed by atoms with van der Waals surface area (Å²) in [6.07, 6.45) is 3.22. The van der Waals surface area contributed by atoms with Gasteiger partial charge in [0.25, 0.3) is 0 Å². The lowest BCUT2D eigenvalue weighted by Gasteiger charge is -2.22.